The van der Waals surface area contributed by atoms with Crippen LogP contribution in [0.5, 0.6) is 5.75 Å². The van der Waals surface area contributed by atoms with Crippen LogP contribution in [0.15, 0.2) is 24.3 Å². The van der Waals surface area contributed by atoms with E-state index in [1.54, 1.807) is 0 Å². The zero-order chi connectivity index (χ0) is 13.7. The first-order chi connectivity index (χ1) is 9.14. The summed E-state index contributed by atoms with van der Waals surface area (Å²) in [5.74, 6) is 0.746. The molecule has 0 saturated heterocycles. The predicted molar refractivity (Wildman–Crippen MR) is 76.2 cm³/mol. The van der Waals surface area contributed by atoms with Crippen LogP contribution in [-0.4, -0.2) is 18.1 Å². The first-order valence-electron chi connectivity index (χ1n) is 6.97. The molecule has 0 atom stereocenters. The number of amides is 1. The van der Waals surface area contributed by atoms with E-state index in [2.05, 4.69) is 12.2 Å². The fourth-order valence-corrected chi connectivity index (χ4v) is 2.34. The standard InChI is InChI=1S/C15H22N2O2/c1-2-11-19-13-7-5-12(6-8-13)17-14(18)15(16)9-3-4-10-15/h5-8H,2-4,9-11,16H2,1H3,(H,17,18). The minimum absolute atomic E-state index is 0.0766. The minimum atomic E-state index is -0.683. The van der Waals surface area contributed by atoms with E-state index in [9.17, 15) is 4.79 Å². The maximum Gasteiger partial charge on any atom is 0.244 e. The molecule has 0 aliphatic heterocycles. The number of nitrogens with two attached hydrogens (primary N) is 1. The highest BCUT2D eigenvalue weighted by atomic mass is 16.5. The smallest absolute Gasteiger partial charge is 0.244 e. The normalized spacial score (nSPS) is 17.2. The number of hydrogen-bond acceptors (Lipinski definition) is 3. The van der Waals surface area contributed by atoms with Crippen LogP contribution in [0.25, 0.3) is 0 Å². The number of carbonyl (C=O) groups is 1. The van der Waals surface area contributed by atoms with Crippen LogP contribution < -0.4 is 15.8 Å². The molecule has 104 valence electrons. The van der Waals surface area contributed by atoms with Crippen molar-refractivity contribution < 1.29 is 9.53 Å². The van der Waals surface area contributed by atoms with Gasteiger partial charge >= 0.3 is 0 Å². The molecule has 0 spiro atoms. The molecule has 1 saturated carbocycles. The van der Waals surface area contributed by atoms with E-state index in [-0.39, 0.29) is 5.91 Å². The third-order valence-corrected chi connectivity index (χ3v) is 3.53. The van der Waals surface area contributed by atoms with Gasteiger partial charge in [0.2, 0.25) is 5.91 Å². The Morgan fingerprint density at radius 1 is 1.32 bits per heavy atom. The Morgan fingerprint density at radius 3 is 2.53 bits per heavy atom. The van der Waals surface area contributed by atoms with Gasteiger partial charge in [0, 0.05) is 5.69 Å². The van der Waals surface area contributed by atoms with Gasteiger partial charge in [0.15, 0.2) is 0 Å². The molecule has 4 nitrogen and oxygen atoms in total. The molecule has 0 bridgehead atoms. The molecule has 1 fully saturated rings. The number of hydrogen-bond donors (Lipinski definition) is 2. The lowest BCUT2D eigenvalue weighted by Crippen LogP contribution is -2.48. The lowest BCUT2D eigenvalue weighted by Gasteiger charge is -2.22. The third-order valence-electron chi connectivity index (χ3n) is 3.53. The second kappa shape index (κ2) is 6.06. The molecule has 2 rings (SSSR count). The molecule has 1 aromatic carbocycles. The number of anilines is 1. The monoisotopic (exact) mass is 262 g/mol. The number of carbonyl (C=O) groups excluding carboxylic acids is 1. The number of ether oxygens (including phenoxy) is 1. The Hall–Kier alpha value is -1.55. The Kier molecular flexibility index (Phi) is 4.43. The summed E-state index contributed by atoms with van der Waals surface area (Å²) >= 11 is 0. The molecule has 3 N–H and O–H groups in total. The Labute approximate surface area is 114 Å². The van der Waals surface area contributed by atoms with Gasteiger partial charge in [0.05, 0.1) is 12.1 Å². The highest BCUT2D eigenvalue weighted by Crippen LogP contribution is 2.28. The first-order valence-corrected chi connectivity index (χ1v) is 6.97. The molecule has 4 heteroatoms. The van der Waals surface area contributed by atoms with Crippen molar-refractivity contribution in [3.63, 3.8) is 0 Å². The Morgan fingerprint density at radius 2 is 1.95 bits per heavy atom. The maximum absolute atomic E-state index is 12.1. The van der Waals surface area contributed by atoms with E-state index in [0.717, 1.165) is 43.5 Å². The van der Waals surface area contributed by atoms with Crippen LogP contribution in [-0.2, 0) is 4.79 Å². The van der Waals surface area contributed by atoms with E-state index in [0.29, 0.717) is 6.61 Å². The van der Waals surface area contributed by atoms with Crippen LogP contribution in [0.2, 0.25) is 0 Å². The van der Waals surface area contributed by atoms with Crippen LogP contribution in [0.3, 0.4) is 0 Å². The molecule has 1 aliphatic carbocycles. The lowest BCUT2D eigenvalue weighted by atomic mass is 9.98. The highest BCUT2D eigenvalue weighted by molar-refractivity contribution is 5.98. The van der Waals surface area contributed by atoms with Crippen molar-refractivity contribution in [2.45, 2.75) is 44.6 Å². The molecule has 19 heavy (non-hydrogen) atoms. The van der Waals surface area contributed by atoms with Gasteiger partial charge in [-0.15, -0.1) is 0 Å². The van der Waals surface area contributed by atoms with Gasteiger partial charge < -0.3 is 15.8 Å². The summed E-state index contributed by atoms with van der Waals surface area (Å²) in [5, 5.41) is 2.89. The molecule has 1 aliphatic rings. The summed E-state index contributed by atoms with van der Waals surface area (Å²) in [5.41, 5.74) is 6.20. The fourth-order valence-electron chi connectivity index (χ4n) is 2.34. The zero-order valence-corrected chi connectivity index (χ0v) is 11.4. The molecular weight excluding hydrogens is 240 g/mol. The molecule has 0 heterocycles. The van der Waals surface area contributed by atoms with Crippen LogP contribution in [0.4, 0.5) is 5.69 Å². The van der Waals surface area contributed by atoms with Gasteiger partial charge in [-0.05, 0) is 43.5 Å². The van der Waals surface area contributed by atoms with E-state index in [4.69, 9.17) is 10.5 Å². The van der Waals surface area contributed by atoms with Gasteiger partial charge in [0.25, 0.3) is 0 Å². The van der Waals surface area contributed by atoms with E-state index >= 15 is 0 Å². The highest BCUT2D eigenvalue weighted by Gasteiger charge is 2.36. The molecule has 0 unspecified atom stereocenters. The van der Waals surface area contributed by atoms with Gasteiger partial charge in [-0.3, -0.25) is 4.79 Å². The van der Waals surface area contributed by atoms with Crippen molar-refractivity contribution in [3.05, 3.63) is 24.3 Å². The van der Waals surface area contributed by atoms with Gasteiger partial charge in [-0.2, -0.15) is 0 Å². The van der Waals surface area contributed by atoms with E-state index in [1.807, 2.05) is 24.3 Å². The maximum atomic E-state index is 12.1. The third kappa shape index (κ3) is 3.47. The van der Waals surface area contributed by atoms with Gasteiger partial charge in [-0.25, -0.2) is 0 Å². The van der Waals surface area contributed by atoms with Crippen molar-refractivity contribution in [3.8, 4) is 5.75 Å². The fraction of sp³-hybridized carbons (Fsp3) is 0.533. The topological polar surface area (TPSA) is 64.3 Å². The molecule has 1 amide bonds. The van der Waals surface area contributed by atoms with Crippen molar-refractivity contribution >= 4 is 11.6 Å². The summed E-state index contributed by atoms with van der Waals surface area (Å²) in [4.78, 5) is 12.1. The van der Waals surface area contributed by atoms with Crippen LogP contribution in [0.1, 0.15) is 39.0 Å². The summed E-state index contributed by atoms with van der Waals surface area (Å²) in [6.45, 7) is 2.77. The van der Waals surface area contributed by atoms with Gasteiger partial charge in [0.1, 0.15) is 5.75 Å². The average molecular weight is 262 g/mol. The lowest BCUT2D eigenvalue weighted by molar-refractivity contribution is -0.121. The zero-order valence-electron chi connectivity index (χ0n) is 11.4. The van der Waals surface area contributed by atoms with Crippen molar-refractivity contribution in [1.82, 2.24) is 0 Å². The average Bonchev–Trinajstić information content (AvgIpc) is 2.86. The summed E-state index contributed by atoms with van der Waals surface area (Å²) in [7, 11) is 0. The van der Waals surface area contributed by atoms with Gasteiger partial charge in [-0.1, -0.05) is 19.8 Å². The molecule has 0 radical (unpaired) electrons. The van der Waals surface area contributed by atoms with Crippen LogP contribution in [0, 0.1) is 0 Å². The van der Waals surface area contributed by atoms with Crippen molar-refractivity contribution in [2.24, 2.45) is 5.73 Å². The SMILES string of the molecule is CCCOc1ccc(NC(=O)C2(N)CCCC2)cc1. The van der Waals surface area contributed by atoms with Crippen molar-refractivity contribution in [1.29, 1.82) is 0 Å². The second-order valence-corrected chi connectivity index (χ2v) is 5.19. The molecular formula is C15H22N2O2. The first kappa shape index (κ1) is 13.9. The second-order valence-electron chi connectivity index (χ2n) is 5.19. The predicted octanol–water partition coefficient (Wildman–Crippen LogP) is 2.69. The number of benzene rings is 1. The Bertz CT molecular complexity index is 422. The molecule has 1 aromatic rings. The van der Waals surface area contributed by atoms with E-state index < -0.39 is 5.54 Å². The summed E-state index contributed by atoms with van der Waals surface area (Å²) in [6, 6.07) is 7.43. The number of nitrogens with one attached hydrogen (secondary N) is 1. The van der Waals surface area contributed by atoms with Crippen LogP contribution >= 0.6 is 0 Å². The minimum Gasteiger partial charge on any atom is -0.494 e. The largest absolute Gasteiger partial charge is 0.494 e. The summed E-state index contributed by atoms with van der Waals surface area (Å²) < 4.78 is 5.50. The van der Waals surface area contributed by atoms with Crippen molar-refractivity contribution in [2.75, 3.05) is 11.9 Å². The number of rotatable bonds is 5. The van der Waals surface area contributed by atoms with E-state index in [1.165, 1.54) is 0 Å². The molecule has 0 aromatic heterocycles. The summed E-state index contributed by atoms with van der Waals surface area (Å²) in [6.07, 6.45) is 4.60. The quantitative estimate of drug-likeness (QED) is 0.857. The Balaban J connectivity index is 1.93.